The van der Waals surface area contributed by atoms with E-state index in [1.54, 1.807) is 12.1 Å². The van der Waals surface area contributed by atoms with Crippen molar-refractivity contribution in [3.05, 3.63) is 29.8 Å². The highest BCUT2D eigenvalue weighted by Gasteiger charge is 2.17. The average molecular weight is 311 g/mol. The highest BCUT2D eigenvalue weighted by Crippen LogP contribution is 2.20. The van der Waals surface area contributed by atoms with Crippen LogP contribution in [0.2, 0.25) is 0 Å². The zero-order chi connectivity index (χ0) is 15.9. The molecule has 3 nitrogen and oxygen atoms in total. The van der Waals surface area contributed by atoms with E-state index in [2.05, 4.69) is 25.5 Å². The molecule has 21 heavy (non-hydrogen) atoms. The van der Waals surface area contributed by atoms with Gasteiger partial charge in [-0.15, -0.1) is 0 Å². The Morgan fingerprint density at radius 3 is 2.19 bits per heavy atom. The first-order valence-corrected chi connectivity index (χ1v) is 9.51. The van der Waals surface area contributed by atoms with Crippen molar-refractivity contribution in [2.24, 2.45) is 0 Å². The molecule has 0 aromatic heterocycles. The second kappa shape index (κ2) is 8.54. The maximum atomic E-state index is 12.3. The van der Waals surface area contributed by atoms with Crippen molar-refractivity contribution in [2.75, 3.05) is 0 Å². The van der Waals surface area contributed by atoms with Gasteiger partial charge >= 0.3 is 0 Å². The van der Waals surface area contributed by atoms with Crippen molar-refractivity contribution in [1.82, 2.24) is 4.72 Å². The fourth-order valence-corrected chi connectivity index (χ4v) is 3.58. The van der Waals surface area contributed by atoms with Crippen LogP contribution in [0.5, 0.6) is 0 Å². The minimum Gasteiger partial charge on any atom is -0.208 e. The van der Waals surface area contributed by atoms with Gasteiger partial charge in [-0.3, -0.25) is 0 Å². The Labute approximate surface area is 130 Å². The molecule has 1 aromatic carbocycles. The lowest BCUT2D eigenvalue weighted by atomic mass is 9.99. The Morgan fingerprint density at radius 1 is 1.05 bits per heavy atom. The lowest BCUT2D eigenvalue weighted by molar-refractivity contribution is 0.527. The first-order valence-electron chi connectivity index (χ1n) is 8.03. The van der Waals surface area contributed by atoms with E-state index in [9.17, 15) is 8.42 Å². The van der Waals surface area contributed by atoms with Gasteiger partial charge in [-0.2, -0.15) is 0 Å². The molecule has 2 atom stereocenters. The van der Waals surface area contributed by atoms with E-state index in [-0.39, 0.29) is 6.04 Å². The molecular weight excluding hydrogens is 282 g/mol. The van der Waals surface area contributed by atoms with Crippen molar-refractivity contribution < 1.29 is 8.42 Å². The van der Waals surface area contributed by atoms with Gasteiger partial charge in [-0.25, -0.2) is 13.1 Å². The van der Waals surface area contributed by atoms with Crippen LogP contribution >= 0.6 is 0 Å². The molecule has 0 spiro atoms. The van der Waals surface area contributed by atoms with E-state index in [0.717, 1.165) is 32.1 Å². The summed E-state index contributed by atoms with van der Waals surface area (Å²) in [4.78, 5) is 0.358. The second-order valence-electron chi connectivity index (χ2n) is 5.90. The number of benzene rings is 1. The van der Waals surface area contributed by atoms with Gasteiger partial charge < -0.3 is 0 Å². The Balaban J connectivity index is 2.69. The van der Waals surface area contributed by atoms with Gasteiger partial charge in [-0.05, 0) is 43.4 Å². The molecule has 0 fully saturated rings. The Morgan fingerprint density at radius 2 is 1.67 bits per heavy atom. The monoisotopic (exact) mass is 311 g/mol. The van der Waals surface area contributed by atoms with E-state index in [1.807, 2.05) is 19.1 Å². The van der Waals surface area contributed by atoms with Crippen molar-refractivity contribution in [3.63, 3.8) is 0 Å². The molecule has 0 aliphatic heterocycles. The maximum absolute atomic E-state index is 12.3. The van der Waals surface area contributed by atoms with Gasteiger partial charge in [0.2, 0.25) is 10.0 Å². The van der Waals surface area contributed by atoms with Gasteiger partial charge in [-0.1, -0.05) is 52.2 Å². The summed E-state index contributed by atoms with van der Waals surface area (Å²) in [6, 6.07) is 7.25. The van der Waals surface area contributed by atoms with Crippen molar-refractivity contribution >= 4 is 10.0 Å². The molecule has 0 aliphatic rings. The van der Waals surface area contributed by atoms with Gasteiger partial charge in [0.1, 0.15) is 0 Å². The topological polar surface area (TPSA) is 46.2 Å². The number of rotatable bonds is 9. The lowest BCUT2D eigenvalue weighted by Crippen LogP contribution is -2.32. The second-order valence-corrected chi connectivity index (χ2v) is 7.61. The van der Waals surface area contributed by atoms with Crippen LogP contribution in [0.15, 0.2) is 29.2 Å². The first kappa shape index (κ1) is 18.2. The summed E-state index contributed by atoms with van der Waals surface area (Å²) in [6.45, 7) is 8.36. The molecule has 0 amide bonds. The van der Waals surface area contributed by atoms with Crippen LogP contribution in [0.4, 0.5) is 0 Å². The highest BCUT2D eigenvalue weighted by atomic mass is 32.2. The Hall–Kier alpha value is -0.870. The molecule has 1 N–H and O–H groups in total. The summed E-state index contributed by atoms with van der Waals surface area (Å²) in [6.07, 6.45) is 5.30. The standard InChI is InChI=1S/C17H29NO2S/c1-5-7-8-9-15(4)18-21(19,20)17-12-10-16(11-13-17)14(3)6-2/h10-15,18H,5-9H2,1-4H3. The molecule has 1 aromatic rings. The first-order chi connectivity index (χ1) is 9.90. The van der Waals surface area contributed by atoms with Crippen LogP contribution in [0.3, 0.4) is 0 Å². The number of hydrogen-bond acceptors (Lipinski definition) is 2. The van der Waals surface area contributed by atoms with E-state index >= 15 is 0 Å². The summed E-state index contributed by atoms with van der Waals surface area (Å²) < 4.78 is 27.4. The number of unbranched alkanes of at least 4 members (excludes halogenated alkanes) is 2. The van der Waals surface area contributed by atoms with Gasteiger partial charge in [0, 0.05) is 6.04 Å². The average Bonchev–Trinajstić information content (AvgIpc) is 2.46. The normalized spacial score (nSPS) is 14.9. The Kier molecular flexibility index (Phi) is 7.40. The van der Waals surface area contributed by atoms with Crippen LogP contribution in [0, 0.1) is 0 Å². The summed E-state index contributed by atoms with van der Waals surface area (Å²) in [5.41, 5.74) is 1.19. The van der Waals surface area contributed by atoms with Crippen molar-refractivity contribution in [2.45, 2.75) is 76.7 Å². The molecule has 0 saturated heterocycles. The van der Waals surface area contributed by atoms with Crippen LogP contribution in [-0.2, 0) is 10.0 Å². The van der Waals surface area contributed by atoms with E-state index in [0.29, 0.717) is 10.8 Å². The summed E-state index contributed by atoms with van der Waals surface area (Å²) in [5, 5.41) is 0. The van der Waals surface area contributed by atoms with E-state index < -0.39 is 10.0 Å². The number of nitrogens with one attached hydrogen (secondary N) is 1. The molecule has 0 aliphatic carbocycles. The number of hydrogen-bond donors (Lipinski definition) is 1. The van der Waals surface area contributed by atoms with Crippen LogP contribution in [0.25, 0.3) is 0 Å². The van der Waals surface area contributed by atoms with Crippen molar-refractivity contribution in [1.29, 1.82) is 0 Å². The molecular formula is C17H29NO2S. The van der Waals surface area contributed by atoms with Crippen LogP contribution < -0.4 is 4.72 Å². The van der Waals surface area contributed by atoms with Gasteiger partial charge in [0.05, 0.1) is 4.90 Å². The van der Waals surface area contributed by atoms with Crippen molar-refractivity contribution in [3.8, 4) is 0 Å². The predicted molar refractivity (Wildman–Crippen MR) is 89.1 cm³/mol. The minimum atomic E-state index is -3.40. The molecule has 1 rings (SSSR count). The maximum Gasteiger partial charge on any atom is 0.240 e. The molecule has 0 heterocycles. The van der Waals surface area contributed by atoms with Gasteiger partial charge in [0.15, 0.2) is 0 Å². The summed E-state index contributed by atoms with van der Waals surface area (Å²) in [7, 11) is -3.40. The molecule has 0 saturated carbocycles. The highest BCUT2D eigenvalue weighted by molar-refractivity contribution is 7.89. The number of sulfonamides is 1. The third kappa shape index (κ3) is 5.79. The zero-order valence-electron chi connectivity index (χ0n) is 13.7. The molecule has 0 radical (unpaired) electrons. The van der Waals surface area contributed by atoms with Gasteiger partial charge in [0.25, 0.3) is 0 Å². The molecule has 4 heteroatoms. The molecule has 0 bridgehead atoms. The third-order valence-corrected chi connectivity index (χ3v) is 5.57. The fourth-order valence-electron chi connectivity index (χ4n) is 2.30. The van der Waals surface area contributed by atoms with E-state index in [1.165, 1.54) is 5.56 Å². The molecule has 2 unspecified atom stereocenters. The third-order valence-electron chi connectivity index (χ3n) is 3.97. The Bertz CT molecular complexity index is 508. The quantitative estimate of drug-likeness (QED) is 0.685. The zero-order valence-corrected chi connectivity index (χ0v) is 14.5. The summed E-state index contributed by atoms with van der Waals surface area (Å²) in [5.74, 6) is 0.461. The minimum absolute atomic E-state index is 0.0178. The molecule has 120 valence electrons. The SMILES string of the molecule is CCCCCC(C)NS(=O)(=O)c1ccc(C(C)CC)cc1. The lowest BCUT2D eigenvalue weighted by Gasteiger charge is -2.15. The largest absolute Gasteiger partial charge is 0.240 e. The fraction of sp³-hybridized carbons (Fsp3) is 0.647. The van der Waals surface area contributed by atoms with Crippen LogP contribution in [0.1, 0.15) is 71.3 Å². The smallest absolute Gasteiger partial charge is 0.208 e. The van der Waals surface area contributed by atoms with Crippen LogP contribution in [-0.4, -0.2) is 14.5 Å². The predicted octanol–water partition coefficient (Wildman–Crippen LogP) is 4.45. The summed E-state index contributed by atoms with van der Waals surface area (Å²) >= 11 is 0. The van der Waals surface area contributed by atoms with E-state index in [4.69, 9.17) is 0 Å².